The number of carbonyl (C=O) groups is 9. The molecule has 0 saturated heterocycles. The van der Waals surface area contributed by atoms with E-state index in [0.717, 1.165) is 19.3 Å². The second-order valence-electron chi connectivity index (χ2n) is 21.8. The highest BCUT2D eigenvalue weighted by atomic mass is 16.3. The molecule has 0 bridgehead atoms. The lowest BCUT2D eigenvalue weighted by molar-refractivity contribution is -0.137. The minimum absolute atomic E-state index is 0.0113. The molecule has 0 radical (unpaired) electrons. The molecule has 0 saturated carbocycles. The van der Waals surface area contributed by atoms with Gasteiger partial charge in [0, 0.05) is 12.8 Å². The number of nitrogens with two attached hydrogens (primary N) is 4. The van der Waals surface area contributed by atoms with Crippen molar-refractivity contribution in [3.05, 3.63) is 29.8 Å². The number of primary amides is 2. The number of hydrogen-bond acceptors (Lipinski definition) is 13. The van der Waals surface area contributed by atoms with E-state index in [1.54, 1.807) is 39.8 Å². The van der Waals surface area contributed by atoms with Gasteiger partial charge in [0.15, 0.2) is 0 Å². The first-order valence-electron chi connectivity index (χ1n) is 29.7. The Morgan fingerprint density at radius 3 is 1.36 bits per heavy atom. The number of carbonyl (C=O) groups excluding carboxylic acids is 9. The zero-order valence-corrected chi connectivity index (χ0v) is 48.9. The molecule has 0 aromatic heterocycles. The Hall–Kier alpha value is -5.87. The molecule has 456 valence electrons. The molecule has 0 heterocycles. The number of aliphatic hydroxyl groups is 1. The average Bonchev–Trinajstić information content (AvgIpc) is 3.41. The van der Waals surface area contributed by atoms with Crippen molar-refractivity contribution in [2.75, 3.05) is 19.7 Å². The van der Waals surface area contributed by atoms with Gasteiger partial charge in [0.1, 0.15) is 48.0 Å². The number of unbranched alkanes of at least 4 members (excludes halogenated alkanes) is 16. The summed E-state index contributed by atoms with van der Waals surface area (Å²) < 4.78 is 0. The van der Waals surface area contributed by atoms with Crippen LogP contribution in [0.3, 0.4) is 0 Å². The first kappa shape index (κ1) is 72.1. The number of hydrogen-bond donors (Lipinski definition) is 13. The monoisotopic (exact) mass is 1130 g/mol. The second kappa shape index (κ2) is 42.9. The number of rotatable bonds is 47. The van der Waals surface area contributed by atoms with Crippen molar-refractivity contribution in [2.24, 2.45) is 34.8 Å². The van der Waals surface area contributed by atoms with Crippen LogP contribution in [0.25, 0.3) is 0 Å². The Labute approximate surface area is 476 Å². The minimum Gasteiger partial charge on any atom is -0.508 e. The molecule has 0 unspecified atom stereocenters. The summed E-state index contributed by atoms with van der Waals surface area (Å²) in [6, 6.07) is -3.57. The summed E-state index contributed by atoms with van der Waals surface area (Å²) in [5.74, 6) is -8.01. The second-order valence-corrected chi connectivity index (χ2v) is 21.8. The van der Waals surface area contributed by atoms with E-state index in [1.807, 2.05) is 0 Å². The molecular weight excluding hydrogens is 1030 g/mol. The number of aliphatic hydroxyl groups excluding tert-OH is 1. The molecular formula is C58H103N11O11. The Kier molecular flexibility index (Phi) is 38.7. The SMILES string of the molecule is CCCCCCCCCCCCCCCCCC(=O)N[C@@H](CCCCN)C(=O)N[C@@H](CCCCN)C(=O)N[C@@H](Cc1ccc(O)cc1)C(=O)N[C@@H](CC(C)C)C(=O)N[C@@H](CC(N)=O)C(=O)N[C@@H](CO)C(=O)N[C@H](C(N)=O)[C@@H](C)CC. The van der Waals surface area contributed by atoms with Gasteiger partial charge in [-0.05, 0) is 94.0 Å². The number of amides is 9. The molecule has 22 heteroatoms. The van der Waals surface area contributed by atoms with Crippen LogP contribution in [0.5, 0.6) is 5.75 Å². The van der Waals surface area contributed by atoms with Crippen LogP contribution in [-0.2, 0) is 49.6 Å². The lowest BCUT2D eigenvalue weighted by Crippen LogP contribution is -2.61. The molecule has 80 heavy (non-hydrogen) atoms. The quantitative estimate of drug-likeness (QED) is 0.0417. The summed E-state index contributed by atoms with van der Waals surface area (Å²) >= 11 is 0. The highest BCUT2D eigenvalue weighted by Crippen LogP contribution is 2.17. The van der Waals surface area contributed by atoms with Gasteiger partial charge in [-0.15, -0.1) is 0 Å². The van der Waals surface area contributed by atoms with E-state index in [4.69, 9.17) is 22.9 Å². The predicted molar refractivity (Wildman–Crippen MR) is 310 cm³/mol. The third-order valence-corrected chi connectivity index (χ3v) is 14.2. The van der Waals surface area contributed by atoms with Crippen molar-refractivity contribution < 1.29 is 53.4 Å². The number of phenols is 1. The number of aromatic hydroxyl groups is 1. The average molecular weight is 1130 g/mol. The molecule has 9 amide bonds. The molecule has 0 fully saturated rings. The van der Waals surface area contributed by atoms with E-state index in [1.165, 1.54) is 82.8 Å². The molecule has 0 aliphatic rings. The molecule has 0 spiro atoms. The van der Waals surface area contributed by atoms with Gasteiger partial charge in [0.2, 0.25) is 53.2 Å². The van der Waals surface area contributed by atoms with Gasteiger partial charge in [-0.2, -0.15) is 0 Å². The summed E-state index contributed by atoms with van der Waals surface area (Å²) in [5, 5.41) is 38.4. The van der Waals surface area contributed by atoms with Gasteiger partial charge in [-0.1, -0.05) is 143 Å². The van der Waals surface area contributed by atoms with Crippen LogP contribution in [0.15, 0.2) is 24.3 Å². The van der Waals surface area contributed by atoms with Crippen molar-refractivity contribution in [1.82, 2.24) is 37.2 Å². The summed E-state index contributed by atoms with van der Waals surface area (Å²) in [4.78, 5) is 121. The number of phenolic OH excluding ortho intramolecular Hbond substituents is 1. The van der Waals surface area contributed by atoms with Crippen molar-refractivity contribution >= 4 is 53.2 Å². The van der Waals surface area contributed by atoms with Crippen LogP contribution in [0.2, 0.25) is 0 Å². The van der Waals surface area contributed by atoms with Gasteiger partial charge in [0.05, 0.1) is 13.0 Å². The van der Waals surface area contributed by atoms with Crippen LogP contribution < -0.4 is 60.2 Å². The van der Waals surface area contributed by atoms with Crippen LogP contribution in [0.4, 0.5) is 0 Å². The van der Waals surface area contributed by atoms with Crippen molar-refractivity contribution in [1.29, 1.82) is 0 Å². The highest BCUT2D eigenvalue weighted by Gasteiger charge is 2.35. The van der Waals surface area contributed by atoms with Gasteiger partial charge >= 0.3 is 0 Å². The van der Waals surface area contributed by atoms with Crippen molar-refractivity contribution in [3.8, 4) is 5.75 Å². The lowest BCUT2D eigenvalue weighted by Gasteiger charge is -2.28. The van der Waals surface area contributed by atoms with E-state index in [2.05, 4.69) is 44.1 Å². The molecule has 0 aliphatic carbocycles. The van der Waals surface area contributed by atoms with E-state index >= 15 is 0 Å². The zero-order valence-electron chi connectivity index (χ0n) is 48.9. The molecule has 1 aromatic rings. The fourth-order valence-corrected chi connectivity index (χ4v) is 9.18. The van der Waals surface area contributed by atoms with E-state index < -0.39 is 108 Å². The minimum atomic E-state index is -1.71. The highest BCUT2D eigenvalue weighted by molar-refractivity contribution is 5.98. The Morgan fingerprint density at radius 1 is 0.487 bits per heavy atom. The molecule has 1 rings (SSSR count). The van der Waals surface area contributed by atoms with Gasteiger partial charge in [-0.3, -0.25) is 43.2 Å². The molecule has 17 N–H and O–H groups in total. The maximum Gasteiger partial charge on any atom is 0.245 e. The van der Waals surface area contributed by atoms with Crippen molar-refractivity contribution in [2.45, 2.75) is 244 Å². The molecule has 1 aromatic carbocycles. The van der Waals surface area contributed by atoms with Gasteiger partial charge < -0.3 is 70.4 Å². The molecule has 8 atom stereocenters. The normalized spacial score (nSPS) is 14.3. The first-order chi connectivity index (χ1) is 38.2. The molecule has 22 nitrogen and oxygen atoms in total. The van der Waals surface area contributed by atoms with Crippen LogP contribution in [0, 0.1) is 11.8 Å². The third-order valence-electron chi connectivity index (χ3n) is 14.2. The van der Waals surface area contributed by atoms with Gasteiger partial charge in [0.25, 0.3) is 0 Å². The van der Waals surface area contributed by atoms with Crippen molar-refractivity contribution in [3.63, 3.8) is 0 Å². The number of nitrogens with one attached hydrogen (secondary N) is 7. The summed E-state index contributed by atoms with van der Waals surface area (Å²) in [7, 11) is 0. The van der Waals surface area contributed by atoms with Crippen LogP contribution in [0.1, 0.15) is 201 Å². The Balaban J connectivity index is 3.28. The maximum atomic E-state index is 14.5. The van der Waals surface area contributed by atoms with Crippen LogP contribution >= 0.6 is 0 Å². The topological polar surface area (TPSA) is 382 Å². The zero-order chi connectivity index (χ0) is 59.8. The Morgan fingerprint density at radius 2 is 0.900 bits per heavy atom. The predicted octanol–water partition coefficient (Wildman–Crippen LogP) is 3.29. The number of benzene rings is 1. The van der Waals surface area contributed by atoms with Crippen LogP contribution in [-0.4, -0.2) is 125 Å². The molecule has 0 aliphatic heterocycles. The summed E-state index contributed by atoms with van der Waals surface area (Å²) in [5.41, 5.74) is 23.0. The third kappa shape index (κ3) is 31.8. The smallest absolute Gasteiger partial charge is 0.245 e. The fourth-order valence-electron chi connectivity index (χ4n) is 9.18. The fraction of sp³-hybridized carbons (Fsp3) is 0.741. The summed E-state index contributed by atoms with van der Waals surface area (Å²) in [6.45, 7) is 8.95. The van der Waals surface area contributed by atoms with E-state index in [0.29, 0.717) is 57.2 Å². The maximum absolute atomic E-state index is 14.5. The Bertz CT molecular complexity index is 1990. The van der Waals surface area contributed by atoms with E-state index in [-0.39, 0.29) is 49.7 Å². The van der Waals surface area contributed by atoms with E-state index in [9.17, 15) is 53.4 Å². The largest absolute Gasteiger partial charge is 0.508 e. The standard InChI is InChI=1S/C58H103N11O11/c1-6-8-9-10-11-12-13-14-15-16-17-18-19-20-21-28-50(73)63-43(26-22-24-33-59)53(75)64-44(27-23-25-34-60)54(76)66-46(36-41-29-31-42(71)32-30-41)56(78)65-45(35-39(3)4)55(77)67-47(37-49(61)72)57(79)68-48(38-70)58(80)69-51(52(62)74)40(5)7-2/h29-32,39-40,43-48,51,70-71H,6-28,33-38,59-60H2,1-5H3,(H2,61,72)(H2,62,74)(H,63,73)(H,64,75)(H,65,78)(H,66,76)(H,67,77)(H,68,79)(H,69,80)/t40-,43-,44-,45-,46-,47-,48-,51-/m0/s1. The lowest BCUT2D eigenvalue weighted by atomic mass is 9.98. The summed E-state index contributed by atoms with van der Waals surface area (Å²) in [6.07, 6.45) is 20.1. The first-order valence-corrected chi connectivity index (χ1v) is 29.7. The van der Waals surface area contributed by atoms with Gasteiger partial charge in [-0.25, -0.2) is 0 Å².